The molecule has 0 aliphatic rings. The van der Waals surface area contributed by atoms with E-state index in [0.29, 0.717) is 0 Å². The minimum Gasteiger partial charge on any atom is -0.456 e. The number of nitrogens with zero attached hydrogens (tertiary/aromatic N) is 6. The highest BCUT2D eigenvalue weighted by Crippen LogP contribution is 2.30. The molecule has 0 aliphatic carbocycles. The Bertz CT molecular complexity index is 4080. The summed E-state index contributed by atoms with van der Waals surface area (Å²) in [5.41, 5.74) is 17.3. The first-order chi connectivity index (χ1) is 39.1. The summed E-state index contributed by atoms with van der Waals surface area (Å²) in [5.74, 6) is 0. The average Bonchev–Trinajstić information content (AvgIpc) is 3.89. The number of furan rings is 1. The molecule has 0 unspecified atom stereocenters. The van der Waals surface area contributed by atoms with E-state index in [1.165, 1.54) is 82.0 Å². The monoisotopic (exact) mass is 1040 g/mol. The lowest BCUT2D eigenvalue weighted by molar-refractivity contribution is 0.666. The topological polar surface area (TPSA) is 90.5 Å². The van der Waals surface area contributed by atoms with Gasteiger partial charge in [0.2, 0.25) is 0 Å². The largest absolute Gasteiger partial charge is 0.456 e. The Morgan fingerprint density at radius 1 is 0.250 bits per heavy atom. The first-order valence-electron chi connectivity index (χ1n) is 26.8. The van der Waals surface area contributed by atoms with E-state index in [0.717, 1.165) is 44.3 Å². The standard InChI is InChI=1S/C13H10O.6C10H9N/c1-9-5-4-7-11-10-6-2-3-8-12(10)14-13(9)11;1-8-4-2-6-10-9(8)5-3-7-11-10;1-8-4-2-5-9-6-3-7-11-10(8)9;2*1-8-4-5-10-9(7-8)3-2-6-11-10;2*1-8-4-5-9-3-2-6-11-10(9)7-8/h2-8H,1H3;6*2-7H,1H3. The zero-order chi connectivity index (χ0) is 55.6. The van der Waals surface area contributed by atoms with E-state index in [1.54, 1.807) is 0 Å². The molecule has 15 aromatic rings. The highest BCUT2D eigenvalue weighted by molar-refractivity contribution is 6.05. The smallest absolute Gasteiger partial charge is 0.138 e. The normalized spacial score (nSPS) is 10.4. The van der Waals surface area contributed by atoms with Gasteiger partial charge in [0.25, 0.3) is 0 Å². The number of benzene rings is 8. The van der Waals surface area contributed by atoms with Crippen molar-refractivity contribution in [2.75, 3.05) is 0 Å². The van der Waals surface area contributed by atoms with E-state index in [4.69, 9.17) is 4.42 Å². The predicted molar refractivity (Wildman–Crippen MR) is 337 cm³/mol. The van der Waals surface area contributed by atoms with Crippen LogP contribution in [0.15, 0.2) is 266 Å². The van der Waals surface area contributed by atoms with Crippen molar-refractivity contribution < 1.29 is 4.42 Å². The van der Waals surface area contributed by atoms with Gasteiger partial charge < -0.3 is 4.42 Å². The van der Waals surface area contributed by atoms with Crippen molar-refractivity contribution in [1.82, 2.24) is 29.9 Å². The molecular weight excluding hydrogens is 977 g/mol. The third-order valence-electron chi connectivity index (χ3n) is 13.3. The maximum Gasteiger partial charge on any atom is 0.138 e. The zero-order valence-electron chi connectivity index (χ0n) is 46.4. The van der Waals surface area contributed by atoms with Gasteiger partial charge in [0.05, 0.1) is 33.1 Å². The number of fused-ring (bicyclic) bond motifs is 9. The lowest BCUT2D eigenvalue weighted by Crippen LogP contribution is -1.80. The molecule has 7 heterocycles. The third-order valence-corrected chi connectivity index (χ3v) is 13.3. The molecule has 0 amide bonds. The number of para-hydroxylation sites is 3. The first-order valence-corrected chi connectivity index (χ1v) is 26.8. The lowest BCUT2D eigenvalue weighted by atomic mass is 10.1. The minimum atomic E-state index is 0.969. The fourth-order valence-electron chi connectivity index (χ4n) is 9.15. The maximum atomic E-state index is 5.78. The Morgan fingerprint density at radius 2 is 0.662 bits per heavy atom. The molecule has 392 valence electrons. The van der Waals surface area contributed by atoms with Crippen molar-refractivity contribution in [3.05, 3.63) is 301 Å². The summed E-state index contributed by atoms with van der Waals surface area (Å²) >= 11 is 0. The lowest BCUT2D eigenvalue weighted by Gasteiger charge is -1.97. The molecule has 7 aromatic heterocycles. The Hall–Kier alpha value is -9.98. The van der Waals surface area contributed by atoms with Gasteiger partial charge in [-0.15, -0.1) is 0 Å². The summed E-state index contributed by atoms with van der Waals surface area (Å²) in [6, 6.07) is 76.1. The van der Waals surface area contributed by atoms with E-state index in [1.807, 2.05) is 116 Å². The Kier molecular flexibility index (Phi) is 18.4. The number of aromatic nitrogens is 6. The molecule has 0 saturated heterocycles. The third kappa shape index (κ3) is 14.5. The van der Waals surface area contributed by atoms with Gasteiger partial charge in [-0.1, -0.05) is 151 Å². The van der Waals surface area contributed by atoms with Crippen molar-refractivity contribution >= 4 is 87.4 Å². The second-order valence-corrected chi connectivity index (χ2v) is 19.6. The molecular formula is C73H64N6O. The van der Waals surface area contributed by atoms with Crippen LogP contribution in [0.4, 0.5) is 0 Å². The summed E-state index contributed by atoms with van der Waals surface area (Å²) in [4.78, 5) is 25.5. The van der Waals surface area contributed by atoms with Gasteiger partial charge in [-0.05, 0) is 161 Å². The quantitative estimate of drug-likeness (QED) is 0.149. The zero-order valence-corrected chi connectivity index (χ0v) is 46.4. The van der Waals surface area contributed by atoms with E-state index < -0.39 is 0 Å². The number of hydrogen-bond donors (Lipinski definition) is 0. The van der Waals surface area contributed by atoms with Crippen LogP contribution in [-0.2, 0) is 0 Å². The minimum absolute atomic E-state index is 0.969. The molecule has 7 heteroatoms. The molecule has 0 bridgehead atoms. The molecule has 0 atom stereocenters. The van der Waals surface area contributed by atoms with Crippen LogP contribution in [0.25, 0.3) is 87.4 Å². The maximum absolute atomic E-state index is 5.78. The summed E-state index contributed by atoms with van der Waals surface area (Å²) in [5, 5.41) is 9.71. The first kappa shape index (κ1) is 54.8. The second kappa shape index (κ2) is 26.9. The van der Waals surface area contributed by atoms with Crippen molar-refractivity contribution in [3.8, 4) is 0 Å². The highest BCUT2D eigenvalue weighted by atomic mass is 16.3. The summed E-state index contributed by atoms with van der Waals surface area (Å²) in [7, 11) is 0. The fraction of sp³-hybridized carbons (Fsp3) is 0.0959. The second-order valence-electron chi connectivity index (χ2n) is 19.6. The van der Waals surface area contributed by atoms with Crippen LogP contribution < -0.4 is 0 Å². The van der Waals surface area contributed by atoms with Gasteiger partial charge in [-0.25, -0.2) is 0 Å². The predicted octanol–water partition coefficient (Wildman–Crippen LogP) is 19.2. The van der Waals surface area contributed by atoms with Gasteiger partial charge in [-0.3, -0.25) is 29.9 Å². The molecule has 8 aromatic carbocycles. The molecule has 0 spiro atoms. The van der Waals surface area contributed by atoms with Crippen molar-refractivity contribution in [2.24, 2.45) is 0 Å². The van der Waals surface area contributed by atoms with Crippen LogP contribution in [0.1, 0.15) is 38.9 Å². The highest BCUT2D eigenvalue weighted by Gasteiger charge is 2.07. The van der Waals surface area contributed by atoms with Crippen LogP contribution in [0.2, 0.25) is 0 Å². The van der Waals surface area contributed by atoms with E-state index in [2.05, 4.69) is 224 Å². The number of rotatable bonds is 0. The number of hydrogen-bond acceptors (Lipinski definition) is 7. The molecule has 0 fully saturated rings. The van der Waals surface area contributed by atoms with E-state index >= 15 is 0 Å². The Labute approximate surface area is 468 Å². The van der Waals surface area contributed by atoms with Crippen LogP contribution in [-0.4, -0.2) is 29.9 Å². The molecule has 15 rings (SSSR count). The van der Waals surface area contributed by atoms with Crippen molar-refractivity contribution in [1.29, 1.82) is 0 Å². The summed E-state index contributed by atoms with van der Waals surface area (Å²) < 4.78 is 5.78. The van der Waals surface area contributed by atoms with Gasteiger partial charge in [0.1, 0.15) is 11.2 Å². The molecule has 80 heavy (non-hydrogen) atoms. The van der Waals surface area contributed by atoms with E-state index in [9.17, 15) is 0 Å². The van der Waals surface area contributed by atoms with Crippen LogP contribution in [0.5, 0.6) is 0 Å². The van der Waals surface area contributed by atoms with Crippen LogP contribution in [0.3, 0.4) is 0 Å². The number of aryl methyl sites for hydroxylation is 7. The molecule has 7 nitrogen and oxygen atoms in total. The SMILES string of the molecule is Cc1ccc2cccnc2c1.Cc1ccc2cccnc2c1.Cc1ccc2ncccc2c1.Cc1ccc2ncccc2c1.Cc1cccc2c1oc1ccccc12.Cc1cccc2cccnc12.Cc1cccc2ncccc12. The van der Waals surface area contributed by atoms with Crippen molar-refractivity contribution in [3.63, 3.8) is 0 Å². The fourth-order valence-corrected chi connectivity index (χ4v) is 9.15. The molecule has 0 radical (unpaired) electrons. The molecule has 0 N–H and O–H groups in total. The van der Waals surface area contributed by atoms with Gasteiger partial charge in [-0.2, -0.15) is 0 Å². The van der Waals surface area contributed by atoms with Crippen molar-refractivity contribution in [2.45, 2.75) is 48.5 Å². The molecule has 0 aliphatic heterocycles. The number of pyridine rings is 6. The van der Waals surface area contributed by atoms with Crippen LogP contribution in [0, 0.1) is 48.5 Å². The summed E-state index contributed by atoms with van der Waals surface area (Å²) in [6.07, 6.45) is 10.9. The van der Waals surface area contributed by atoms with Gasteiger partial charge >= 0.3 is 0 Å². The Morgan fingerprint density at radius 3 is 1.25 bits per heavy atom. The van der Waals surface area contributed by atoms with Crippen LogP contribution >= 0.6 is 0 Å². The molecule has 0 saturated carbocycles. The van der Waals surface area contributed by atoms with Gasteiger partial charge in [0, 0.05) is 80.3 Å². The average molecular weight is 1040 g/mol. The van der Waals surface area contributed by atoms with E-state index in [-0.39, 0.29) is 0 Å². The summed E-state index contributed by atoms with van der Waals surface area (Å²) in [6.45, 7) is 14.6. The Balaban J connectivity index is 0.000000113. The van der Waals surface area contributed by atoms with Gasteiger partial charge in [0.15, 0.2) is 0 Å².